The molecule has 0 heterocycles. The maximum absolute atomic E-state index is 8.28. The fourth-order valence-electron chi connectivity index (χ4n) is 2.42. The first-order chi connectivity index (χ1) is 9.56. The predicted molar refractivity (Wildman–Crippen MR) is 87.6 cm³/mol. The van der Waals surface area contributed by atoms with Crippen molar-refractivity contribution in [1.29, 1.82) is 0 Å². The highest BCUT2D eigenvalue weighted by atomic mass is 14.1. The normalized spacial score (nSPS) is 13.2. The molecule has 1 aromatic carbocycles. The molecule has 0 unspecified atom stereocenters. The zero-order valence-corrected chi connectivity index (χ0v) is 13.2. The summed E-state index contributed by atoms with van der Waals surface area (Å²) in [4.78, 5) is 0. The van der Waals surface area contributed by atoms with Crippen molar-refractivity contribution in [3.63, 3.8) is 0 Å². The third-order valence-corrected chi connectivity index (χ3v) is 3.72. The average Bonchev–Trinajstić information content (AvgIpc) is 2.44. The van der Waals surface area contributed by atoms with E-state index in [0.29, 0.717) is 0 Å². The SMILES string of the molecule is [2H]/C(CCCCCCCC)=C(/C)c1cc(C)ccc1C. The van der Waals surface area contributed by atoms with Crippen LogP contribution in [0.2, 0.25) is 0 Å². The Bertz CT molecular complexity index is 443. The zero-order valence-electron chi connectivity index (χ0n) is 14.2. The molecule has 0 aliphatic rings. The first-order valence-corrected chi connectivity index (χ1v) is 7.80. The Kier molecular flexibility index (Phi) is 6.78. The average molecular weight is 259 g/mol. The molecule has 0 amide bonds. The van der Waals surface area contributed by atoms with Crippen LogP contribution in [0.15, 0.2) is 24.3 Å². The van der Waals surface area contributed by atoms with E-state index < -0.39 is 0 Å². The molecular weight excluding hydrogens is 228 g/mol. The summed E-state index contributed by atoms with van der Waals surface area (Å²) >= 11 is 0. The second kappa shape index (κ2) is 8.96. The first-order valence-electron chi connectivity index (χ1n) is 8.30. The van der Waals surface area contributed by atoms with Gasteiger partial charge < -0.3 is 0 Å². The minimum atomic E-state index is 0.814. The molecule has 0 saturated heterocycles. The Hall–Kier alpha value is -1.04. The topological polar surface area (TPSA) is 0 Å². The van der Waals surface area contributed by atoms with Crippen molar-refractivity contribution in [2.75, 3.05) is 0 Å². The molecule has 0 aliphatic carbocycles. The quantitative estimate of drug-likeness (QED) is 0.470. The summed E-state index contributed by atoms with van der Waals surface area (Å²) in [7, 11) is 0. The third kappa shape index (κ3) is 6.09. The monoisotopic (exact) mass is 259 g/mol. The molecule has 106 valence electrons. The number of benzene rings is 1. The number of allylic oxidation sites excluding steroid dienone is 2. The number of hydrogen-bond donors (Lipinski definition) is 0. The summed E-state index contributed by atoms with van der Waals surface area (Å²) < 4.78 is 8.28. The summed E-state index contributed by atoms with van der Waals surface area (Å²) in [5.41, 5.74) is 4.96. The second-order valence-corrected chi connectivity index (χ2v) is 5.64. The lowest BCUT2D eigenvalue weighted by Gasteiger charge is -2.08. The molecule has 0 nitrogen and oxygen atoms in total. The lowest BCUT2D eigenvalue weighted by Crippen LogP contribution is -1.87. The van der Waals surface area contributed by atoms with Crippen LogP contribution in [0.3, 0.4) is 0 Å². The zero-order chi connectivity index (χ0) is 15.0. The lowest BCUT2D eigenvalue weighted by molar-refractivity contribution is 0.611. The van der Waals surface area contributed by atoms with Crippen LogP contribution in [0, 0.1) is 13.8 Å². The van der Waals surface area contributed by atoms with Crippen LogP contribution in [0.4, 0.5) is 0 Å². The maximum atomic E-state index is 8.28. The fraction of sp³-hybridized carbons (Fsp3) is 0.579. The van der Waals surface area contributed by atoms with Gasteiger partial charge in [-0.3, -0.25) is 0 Å². The van der Waals surface area contributed by atoms with Crippen molar-refractivity contribution in [3.05, 3.63) is 40.9 Å². The van der Waals surface area contributed by atoms with Crippen LogP contribution < -0.4 is 0 Å². The van der Waals surface area contributed by atoms with E-state index in [2.05, 4.69) is 45.9 Å². The van der Waals surface area contributed by atoms with Gasteiger partial charge in [-0.25, -0.2) is 0 Å². The second-order valence-electron chi connectivity index (χ2n) is 5.64. The molecule has 0 atom stereocenters. The molecule has 0 aromatic heterocycles. The minimum absolute atomic E-state index is 0.814. The summed E-state index contributed by atoms with van der Waals surface area (Å²) in [6.07, 6.45) is 8.67. The number of rotatable bonds is 8. The Balaban J connectivity index is 2.54. The Morgan fingerprint density at radius 3 is 2.53 bits per heavy atom. The molecule has 0 fully saturated rings. The number of hydrogen-bond acceptors (Lipinski definition) is 0. The Morgan fingerprint density at radius 1 is 1.11 bits per heavy atom. The van der Waals surface area contributed by atoms with Crippen LogP contribution in [0.1, 0.15) is 76.9 Å². The van der Waals surface area contributed by atoms with Gasteiger partial charge in [0.1, 0.15) is 0 Å². The third-order valence-electron chi connectivity index (χ3n) is 3.72. The summed E-state index contributed by atoms with van der Waals surface area (Å²) in [5.74, 6) is 0. The lowest BCUT2D eigenvalue weighted by atomic mass is 9.98. The Morgan fingerprint density at radius 2 is 1.79 bits per heavy atom. The van der Waals surface area contributed by atoms with Crippen molar-refractivity contribution >= 4 is 5.57 Å². The van der Waals surface area contributed by atoms with Gasteiger partial charge in [-0.15, -0.1) is 0 Å². The molecule has 1 aromatic rings. The first kappa shape index (κ1) is 14.4. The van der Waals surface area contributed by atoms with E-state index in [9.17, 15) is 0 Å². The molecule has 19 heavy (non-hydrogen) atoms. The largest absolute Gasteiger partial charge is 0.0810 e. The van der Waals surface area contributed by atoms with E-state index in [-0.39, 0.29) is 0 Å². The van der Waals surface area contributed by atoms with E-state index in [1.807, 2.05) is 0 Å². The Labute approximate surface area is 121 Å². The minimum Gasteiger partial charge on any atom is -0.0810 e. The predicted octanol–water partition coefficient (Wildman–Crippen LogP) is 6.46. The molecule has 0 heteroatoms. The molecule has 0 spiro atoms. The van der Waals surface area contributed by atoms with Gasteiger partial charge in [-0.1, -0.05) is 68.8 Å². The van der Waals surface area contributed by atoms with E-state index in [1.54, 1.807) is 0 Å². The van der Waals surface area contributed by atoms with Gasteiger partial charge >= 0.3 is 0 Å². The van der Waals surface area contributed by atoms with Crippen molar-refractivity contribution in [2.24, 2.45) is 0 Å². The molecule has 0 N–H and O–H groups in total. The van der Waals surface area contributed by atoms with E-state index in [0.717, 1.165) is 24.5 Å². The van der Waals surface area contributed by atoms with E-state index in [4.69, 9.17) is 1.37 Å². The summed E-state index contributed by atoms with van der Waals surface area (Å²) in [6, 6.07) is 7.32. The van der Waals surface area contributed by atoms with Gasteiger partial charge in [-0.2, -0.15) is 0 Å². The number of aryl methyl sites for hydroxylation is 2. The van der Waals surface area contributed by atoms with Crippen LogP contribution in [0.5, 0.6) is 0 Å². The van der Waals surface area contributed by atoms with Crippen LogP contribution >= 0.6 is 0 Å². The van der Waals surface area contributed by atoms with E-state index in [1.165, 1.54) is 48.8 Å². The van der Waals surface area contributed by atoms with Gasteiger partial charge in [0, 0.05) is 0 Å². The van der Waals surface area contributed by atoms with Crippen molar-refractivity contribution in [1.82, 2.24) is 0 Å². The van der Waals surface area contributed by atoms with Gasteiger partial charge in [-0.05, 0) is 50.3 Å². The van der Waals surface area contributed by atoms with Gasteiger partial charge in [0.05, 0.1) is 1.37 Å². The van der Waals surface area contributed by atoms with Crippen molar-refractivity contribution in [2.45, 2.75) is 72.6 Å². The molecule has 0 aliphatic heterocycles. The molecule has 0 bridgehead atoms. The van der Waals surface area contributed by atoms with Crippen LogP contribution in [-0.2, 0) is 0 Å². The summed E-state index contributed by atoms with van der Waals surface area (Å²) in [6.45, 7) is 8.60. The van der Waals surface area contributed by atoms with E-state index >= 15 is 0 Å². The standard InChI is InChI=1S/C19H30/c1-5-6-7-8-9-10-11-12-17(3)19-15-16(2)13-14-18(19)4/h12-15H,5-11H2,1-4H3/b17-12+/i12D. The highest BCUT2D eigenvalue weighted by Gasteiger charge is 2.00. The molecule has 0 saturated carbocycles. The maximum Gasteiger partial charge on any atom is 0.0579 e. The molecule has 0 radical (unpaired) electrons. The van der Waals surface area contributed by atoms with Crippen LogP contribution in [-0.4, -0.2) is 0 Å². The fourth-order valence-corrected chi connectivity index (χ4v) is 2.42. The highest BCUT2D eigenvalue weighted by molar-refractivity contribution is 5.66. The molecular formula is C19H30. The number of unbranched alkanes of at least 4 members (excludes halogenated alkanes) is 5. The van der Waals surface area contributed by atoms with Crippen molar-refractivity contribution < 1.29 is 1.37 Å². The van der Waals surface area contributed by atoms with Gasteiger partial charge in [0.15, 0.2) is 0 Å². The highest BCUT2D eigenvalue weighted by Crippen LogP contribution is 2.21. The van der Waals surface area contributed by atoms with Gasteiger partial charge in [0.2, 0.25) is 0 Å². The summed E-state index contributed by atoms with van der Waals surface area (Å²) in [5, 5.41) is 0. The molecule has 1 rings (SSSR count). The van der Waals surface area contributed by atoms with Crippen molar-refractivity contribution in [3.8, 4) is 0 Å². The smallest absolute Gasteiger partial charge is 0.0579 e. The van der Waals surface area contributed by atoms with Gasteiger partial charge in [0.25, 0.3) is 0 Å². The van der Waals surface area contributed by atoms with Crippen LogP contribution in [0.25, 0.3) is 5.57 Å².